The number of rotatable bonds is 1. The Hall–Kier alpha value is -2.08. The summed E-state index contributed by atoms with van der Waals surface area (Å²) in [4.78, 5) is 27.2. The molecule has 0 bridgehead atoms. The molecule has 0 radical (unpaired) electrons. The number of hydrogen-bond acceptors (Lipinski definition) is 4. The van der Waals surface area contributed by atoms with Gasteiger partial charge < -0.3 is 11.1 Å². The first kappa shape index (κ1) is 11.0. The molecule has 0 aromatic heterocycles. The molecule has 3 N–H and O–H groups in total. The van der Waals surface area contributed by atoms with Crippen LogP contribution in [0.1, 0.15) is 11.1 Å². The van der Waals surface area contributed by atoms with Crippen LogP contribution in [-0.4, -0.2) is 23.0 Å². The molecule has 1 aromatic carbocycles. The highest BCUT2D eigenvalue weighted by atomic mass is 32.2. The van der Waals surface area contributed by atoms with E-state index in [2.05, 4.69) is 10.3 Å². The molecule has 1 aliphatic heterocycles. The lowest BCUT2D eigenvalue weighted by atomic mass is 10.1. The van der Waals surface area contributed by atoms with Crippen LogP contribution < -0.4 is 11.1 Å². The third-order valence-corrected chi connectivity index (χ3v) is 3.71. The molecule has 90 valence electrons. The summed E-state index contributed by atoms with van der Waals surface area (Å²) in [5, 5.41) is 2.46. The first-order valence-electron chi connectivity index (χ1n) is 5.31. The zero-order valence-corrected chi connectivity index (χ0v) is 10.0. The highest BCUT2D eigenvalue weighted by molar-refractivity contribution is 8.05. The lowest BCUT2D eigenvalue weighted by Crippen LogP contribution is -2.39. The smallest absolute Gasteiger partial charge is 0.311 e. The van der Waals surface area contributed by atoms with Crippen molar-refractivity contribution in [3.8, 4) is 0 Å². The Bertz CT molecular complexity index is 622. The number of fused-ring (bicyclic) bond motifs is 3. The standard InChI is InChI=1S/C12H9N3O2S/c13-10(16)11(17)15-12-14-9-7-4-2-1-3-6(7)5-8(9)18-12/h1-5,12H,(H2,13,16)(H,15,17). The van der Waals surface area contributed by atoms with Gasteiger partial charge in [-0.25, -0.2) is 4.99 Å². The first-order valence-corrected chi connectivity index (χ1v) is 6.19. The van der Waals surface area contributed by atoms with Crippen LogP contribution >= 0.6 is 11.8 Å². The van der Waals surface area contributed by atoms with Crippen molar-refractivity contribution in [3.05, 3.63) is 40.3 Å². The maximum absolute atomic E-state index is 11.2. The van der Waals surface area contributed by atoms with Crippen LogP contribution in [0.4, 0.5) is 0 Å². The van der Waals surface area contributed by atoms with E-state index in [1.807, 2.05) is 30.3 Å². The van der Waals surface area contributed by atoms with Gasteiger partial charge in [-0.3, -0.25) is 9.59 Å². The zero-order valence-electron chi connectivity index (χ0n) is 9.21. The van der Waals surface area contributed by atoms with Gasteiger partial charge in [0.2, 0.25) is 0 Å². The molecule has 1 aliphatic carbocycles. The zero-order chi connectivity index (χ0) is 12.7. The summed E-state index contributed by atoms with van der Waals surface area (Å²) in [6.07, 6.45) is 2.02. The molecule has 2 amide bonds. The molecular weight excluding hydrogens is 250 g/mol. The Morgan fingerprint density at radius 2 is 2.11 bits per heavy atom. The summed E-state index contributed by atoms with van der Waals surface area (Å²) in [6.45, 7) is 0. The lowest BCUT2D eigenvalue weighted by molar-refractivity contribution is -0.137. The number of nitrogens with one attached hydrogen (secondary N) is 1. The largest absolute Gasteiger partial charge is 0.361 e. The molecular formula is C12H9N3O2S. The number of allylic oxidation sites excluding steroid dienone is 1. The van der Waals surface area contributed by atoms with E-state index in [0.717, 1.165) is 21.7 Å². The summed E-state index contributed by atoms with van der Waals surface area (Å²) in [6, 6.07) is 7.91. The maximum atomic E-state index is 11.2. The second kappa shape index (κ2) is 3.99. The SMILES string of the molecule is NC(=O)C(=O)NC1N=C2C(=Cc3ccccc32)S1. The summed E-state index contributed by atoms with van der Waals surface area (Å²) in [5.74, 6) is -1.81. The van der Waals surface area contributed by atoms with Gasteiger partial charge in [-0.05, 0) is 11.6 Å². The number of carbonyl (C=O) groups is 2. The van der Waals surface area contributed by atoms with Crippen molar-refractivity contribution in [1.82, 2.24) is 5.32 Å². The van der Waals surface area contributed by atoms with Crippen LogP contribution in [0, 0.1) is 0 Å². The molecule has 3 rings (SSSR count). The van der Waals surface area contributed by atoms with Crippen LogP contribution in [0.15, 0.2) is 34.2 Å². The third-order valence-electron chi connectivity index (χ3n) is 2.70. The van der Waals surface area contributed by atoms with Gasteiger partial charge in [-0.15, -0.1) is 0 Å². The lowest BCUT2D eigenvalue weighted by Gasteiger charge is -2.06. The normalized spacial score (nSPS) is 19.7. The number of carbonyl (C=O) groups excluding carboxylic acids is 2. The maximum Gasteiger partial charge on any atom is 0.311 e. The van der Waals surface area contributed by atoms with Gasteiger partial charge >= 0.3 is 11.8 Å². The van der Waals surface area contributed by atoms with Gasteiger partial charge in [0.05, 0.1) is 5.71 Å². The number of nitrogens with two attached hydrogens (primary N) is 1. The molecule has 1 heterocycles. The van der Waals surface area contributed by atoms with E-state index in [1.165, 1.54) is 11.8 Å². The van der Waals surface area contributed by atoms with Crippen LogP contribution in [0.2, 0.25) is 0 Å². The van der Waals surface area contributed by atoms with Crippen molar-refractivity contribution >= 4 is 35.4 Å². The van der Waals surface area contributed by atoms with E-state index in [1.54, 1.807) is 0 Å². The minimum Gasteiger partial charge on any atom is -0.361 e. The Morgan fingerprint density at radius 3 is 2.89 bits per heavy atom. The van der Waals surface area contributed by atoms with Gasteiger partial charge in [-0.2, -0.15) is 0 Å². The van der Waals surface area contributed by atoms with Crippen LogP contribution in [0.5, 0.6) is 0 Å². The first-order chi connectivity index (χ1) is 8.65. The number of amides is 2. The molecule has 1 atom stereocenters. The second-order valence-corrected chi connectivity index (χ2v) is 5.00. The molecule has 5 nitrogen and oxygen atoms in total. The van der Waals surface area contributed by atoms with Gasteiger partial charge in [0, 0.05) is 10.5 Å². The summed E-state index contributed by atoms with van der Waals surface area (Å²) in [7, 11) is 0. The fourth-order valence-corrected chi connectivity index (χ4v) is 2.95. The fourth-order valence-electron chi connectivity index (χ4n) is 1.91. The molecule has 0 saturated carbocycles. The molecule has 0 spiro atoms. The Labute approximate surface area is 107 Å². The van der Waals surface area contributed by atoms with E-state index in [4.69, 9.17) is 5.73 Å². The van der Waals surface area contributed by atoms with Crippen LogP contribution in [0.25, 0.3) is 6.08 Å². The van der Waals surface area contributed by atoms with E-state index in [-0.39, 0.29) is 0 Å². The average molecular weight is 259 g/mol. The Balaban J connectivity index is 1.85. The van der Waals surface area contributed by atoms with Crippen molar-refractivity contribution in [2.75, 3.05) is 0 Å². The predicted molar refractivity (Wildman–Crippen MR) is 69.7 cm³/mol. The molecule has 0 saturated heterocycles. The summed E-state index contributed by atoms with van der Waals surface area (Å²) in [5.41, 5.74) is 7.45. The van der Waals surface area contributed by atoms with Crippen molar-refractivity contribution in [1.29, 1.82) is 0 Å². The van der Waals surface area contributed by atoms with E-state index >= 15 is 0 Å². The van der Waals surface area contributed by atoms with Gasteiger partial charge in [0.15, 0.2) is 5.50 Å². The second-order valence-electron chi connectivity index (χ2n) is 3.88. The van der Waals surface area contributed by atoms with Crippen molar-refractivity contribution in [3.63, 3.8) is 0 Å². The minimum absolute atomic E-state index is 0.473. The van der Waals surface area contributed by atoms with Gasteiger partial charge in [0.1, 0.15) is 0 Å². The number of aliphatic imine (C=N–C) groups is 1. The van der Waals surface area contributed by atoms with Crippen LogP contribution in [0.3, 0.4) is 0 Å². The van der Waals surface area contributed by atoms with Gasteiger partial charge in [-0.1, -0.05) is 36.0 Å². The van der Waals surface area contributed by atoms with Gasteiger partial charge in [0.25, 0.3) is 0 Å². The Morgan fingerprint density at radius 1 is 1.33 bits per heavy atom. The highest BCUT2D eigenvalue weighted by Crippen LogP contribution is 2.39. The highest BCUT2D eigenvalue weighted by Gasteiger charge is 2.31. The molecule has 1 aromatic rings. The van der Waals surface area contributed by atoms with E-state index in [9.17, 15) is 9.59 Å². The molecule has 6 heteroatoms. The quantitative estimate of drug-likeness (QED) is 0.719. The monoisotopic (exact) mass is 259 g/mol. The topological polar surface area (TPSA) is 84.5 Å². The molecule has 2 aliphatic rings. The van der Waals surface area contributed by atoms with Crippen molar-refractivity contribution in [2.24, 2.45) is 10.7 Å². The number of primary amides is 1. The number of thioether (sulfide) groups is 1. The number of nitrogens with zero attached hydrogens (tertiary/aromatic N) is 1. The van der Waals surface area contributed by atoms with E-state index in [0.29, 0.717) is 0 Å². The van der Waals surface area contributed by atoms with Crippen molar-refractivity contribution in [2.45, 2.75) is 5.50 Å². The van der Waals surface area contributed by atoms with E-state index < -0.39 is 17.3 Å². The van der Waals surface area contributed by atoms with Crippen molar-refractivity contribution < 1.29 is 9.59 Å². The predicted octanol–water partition coefficient (Wildman–Crippen LogP) is 0.462. The molecule has 1 unspecified atom stereocenters. The van der Waals surface area contributed by atoms with Crippen LogP contribution in [-0.2, 0) is 9.59 Å². The fraction of sp³-hybridized carbons (Fsp3) is 0.0833. The number of benzene rings is 1. The molecule has 18 heavy (non-hydrogen) atoms. The molecule has 0 fully saturated rings. The third kappa shape index (κ3) is 1.70. The minimum atomic E-state index is -0.998. The number of hydrogen-bond donors (Lipinski definition) is 2. The summed E-state index contributed by atoms with van der Waals surface area (Å²) >= 11 is 1.40. The average Bonchev–Trinajstić information content (AvgIpc) is 2.85. The Kier molecular flexibility index (Phi) is 2.45. The summed E-state index contributed by atoms with van der Waals surface area (Å²) < 4.78 is 0.